The van der Waals surface area contributed by atoms with Crippen LogP contribution in [0.5, 0.6) is 0 Å². The van der Waals surface area contributed by atoms with Gasteiger partial charge in [0, 0.05) is 56.4 Å². The number of thiazole rings is 1. The third-order valence-corrected chi connectivity index (χ3v) is 5.24. The van der Waals surface area contributed by atoms with Gasteiger partial charge in [0.25, 0.3) is 0 Å². The summed E-state index contributed by atoms with van der Waals surface area (Å²) in [4.78, 5) is 5.80. The number of fused-ring (bicyclic) bond motifs is 1. The van der Waals surface area contributed by atoms with E-state index in [2.05, 4.69) is 34.4 Å². The zero-order valence-electron chi connectivity index (χ0n) is 12.7. The molecule has 2 aromatic heterocycles. The van der Waals surface area contributed by atoms with E-state index in [-0.39, 0.29) is 11.5 Å². The van der Waals surface area contributed by atoms with Gasteiger partial charge in [-0.3, -0.25) is 4.40 Å². The number of ether oxygens (including phenoxy) is 2. The summed E-state index contributed by atoms with van der Waals surface area (Å²) in [5, 5.41) is 5.58. The van der Waals surface area contributed by atoms with E-state index >= 15 is 0 Å². The zero-order chi connectivity index (χ0) is 14.7. The van der Waals surface area contributed by atoms with Crippen LogP contribution in [-0.2, 0) is 15.9 Å². The Morgan fingerprint density at radius 3 is 3.24 bits per heavy atom. The van der Waals surface area contributed by atoms with Crippen molar-refractivity contribution in [2.75, 3.05) is 33.4 Å². The number of imidazole rings is 1. The fourth-order valence-corrected chi connectivity index (χ4v) is 3.80. The molecule has 5 nitrogen and oxygen atoms in total. The summed E-state index contributed by atoms with van der Waals surface area (Å²) in [6.07, 6.45) is 6.51. The number of hydrogen-bond donors (Lipinski definition) is 1. The van der Waals surface area contributed by atoms with E-state index in [0.29, 0.717) is 0 Å². The van der Waals surface area contributed by atoms with Crippen LogP contribution in [0.4, 0.5) is 0 Å². The minimum atomic E-state index is 0.137. The molecule has 1 fully saturated rings. The summed E-state index contributed by atoms with van der Waals surface area (Å²) in [5.74, 6) is 0. The van der Waals surface area contributed by atoms with E-state index < -0.39 is 0 Å². The molecule has 2 aromatic rings. The molecular weight excluding hydrogens is 286 g/mol. The van der Waals surface area contributed by atoms with Crippen LogP contribution in [0.15, 0.2) is 17.8 Å². The Hall–Kier alpha value is -0.950. The predicted molar refractivity (Wildman–Crippen MR) is 84.0 cm³/mol. The van der Waals surface area contributed by atoms with Crippen molar-refractivity contribution in [3.63, 3.8) is 0 Å². The van der Waals surface area contributed by atoms with Crippen LogP contribution in [0, 0.1) is 5.41 Å². The van der Waals surface area contributed by atoms with Crippen LogP contribution in [0.2, 0.25) is 0 Å². The second kappa shape index (κ2) is 6.44. The van der Waals surface area contributed by atoms with Gasteiger partial charge >= 0.3 is 0 Å². The largest absolute Gasteiger partial charge is 0.383 e. The third-order valence-electron chi connectivity index (χ3n) is 4.47. The molecule has 0 aromatic carbocycles. The quantitative estimate of drug-likeness (QED) is 0.795. The first-order valence-electron chi connectivity index (χ1n) is 7.46. The summed E-state index contributed by atoms with van der Waals surface area (Å²) in [6.45, 7) is 5.59. The van der Waals surface area contributed by atoms with Gasteiger partial charge in [-0.05, 0) is 13.3 Å². The highest BCUT2D eigenvalue weighted by molar-refractivity contribution is 7.15. The van der Waals surface area contributed by atoms with Crippen molar-refractivity contribution in [1.29, 1.82) is 0 Å². The molecule has 0 bridgehead atoms. The number of rotatable bonds is 7. The van der Waals surface area contributed by atoms with Crippen LogP contribution in [-0.4, -0.2) is 48.9 Å². The molecule has 116 valence electrons. The van der Waals surface area contributed by atoms with Gasteiger partial charge in [0.1, 0.15) is 0 Å². The van der Waals surface area contributed by atoms with Gasteiger partial charge < -0.3 is 14.8 Å². The van der Waals surface area contributed by atoms with E-state index in [9.17, 15) is 0 Å². The summed E-state index contributed by atoms with van der Waals surface area (Å²) in [6, 6.07) is 0. The molecule has 1 aliphatic rings. The molecule has 1 saturated heterocycles. The number of nitrogens with one attached hydrogen (secondary N) is 1. The lowest BCUT2D eigenvalue weighted by Crippen LogP contribution is -2.42. The average molecular weight is 309 g/mol. The highest BCUT2D eigenvalue weighted by atomic mass is 32.1. The smallest absolute Gasteiger partial charge is 0.193 e. The van der Waals surface area contributed by atoms with Crippen LogP contribution >= 0.6 is 11.3 Å². The summed E-state index contributed by atoms with van der Waals surface area (Å²) >= 11 is 1.68. The van der Waals surface area contributed by atoms with Gasteiger partial charge in [-0.15, -0.1) is 11.3 Å². The number of aromatic nitrogens is 2. The molecule has 1 aliphatic heterocycles. The number of nitrogens with zero attached hydrogens (tertiary/aromatic N) is 2. The minimum Gasteiger partial charge on any atom is -0.383 e. The van der Waals surface area contributed by atoms with Crippen molar-refractivity contribution in [3.8, 4) is 0 Å². The lowest BCUT2D eigenvalue weighted by atomic mass is 9.77. The molecule has 3 heterocycles. The molecule has 0 aliphatic carbocycles. The SMILES string of the molecule is COCCNCC1(Cc2cn3ccsc3n2)CCOC1C. The Bertz CT molecular complexity index is 554. The van der Waals surface area contributed by atoms with E-state index in [1.807, 2.05) is 0 Å². The van der Waals surface area contributed by atoms with E-state index in [1.165, 1.54) is 0 Å². The highest BCUT2D eigenvalue weighted by Crippen LogP contribution is 2.37. The number of hydrogen-bond acceptors (Lipinski definition) is 5. The van der Waals surface area contributed by atoms with Gasteiger partial charge in [-0.2, -0.15) is 0 Å². The lowest BCUT2D eigenvalue weighted by molar-refractivity contribution is 0.0615. The molecule has 2 unspecified atom stereocenters. The molecule has 3 rings (SSSR count). The van der Waals surface area contributed by atoms with E-state index in [0.717, 1.165) is 49.8 Å². The van der Waals surface area contributed by atoms with Crippen molar-refractivity contribution in [1.82, 2.24) is 14.7 Å². The Balaban J connectivity index is 1.71. The summed E-state index contributed by atoms with van der Waals surface area (Å²) < 4.78 is 13.1. The minimum absolute atomic E-state index is 0.137. The molecule has 0 spiro atoms. The molecule has 0 saturated carbocycles. The Morgan fingerprint density at radius 2 is 2.52 bits per heavy atom. The molecule has 0 radical (unpaired) electrons. The lowest BCUT2D eigenvalue weighted by Gasteiger charge is -2.32. The Kier molecular flexibility index (Phi) is 4.59. The van der Waals surface area contributed by atoms with E-state index in [4.69, 9.17) is 14.5 Å². The zero-order valence-corrected chi connectivity index (χ0v) is 13.5. The highest BCUT2D eigenvalue weighted by Gasteiger charge is 2.41. The third kappa shape index (κ3) is 3.13. The topological polar surface area (TPSA) is 47.8 Å². The second-order valence-electron chi connectivity index (χ2n) is 5.80. The Labute approximate surface area is 129 Å². The van der Waals surface area contributed by atoms with Crippen LogP contribution in [0.25, 0.3) is 4.96 Å². The fourth-order valence-electron chi connectivity index (χ4n) is 3.08. The molecule has 2 atom stereocenters. The standard InChI is InChI=1S/C15H23N3O2S/c1-12-15(3-6-20-12,11-16-4-7-19-2)9-13-10-18-5-8-21-14(18)17-13/h5,8,10,12,16H,3-4,6-7,9,11H2,1-2H3. The molecule has 1 N–H and O–H groups in total. The van der Waals surface area contributed by atoms with Crippen LogP contribution < -0.4 is 5.32 Å². The summed E-state index contributed by atoms with van der Waals surface area (Å²) in [7, 11) is 1.73. The average Bonchev–Trinajstić information content (AvgIpc) is 3.12. The molecule has 0 amide bonds. The first kappa shape index (κ1) is 15.0. The van der Waals surface area contributed by atoms with Gasteiger partial charge in [0.2, 0.25) is 0 Å². The van der Waals surface area contributed by atoms with Gasteiger partial charge in [0.15, 0.2) is 4.96 Å². The predicted octanol–water partition coefficient (Wildman–Crippen LogP) is 1.97. The first-order chi connectivity index (χ1) is 10.2. The van der Waals surface area contributed by atoms with Gasteiger partial charge in [-0.1, -0.05) is 0 Å². The molecule has 21 heavy (non-hydrogen) atoms. The van der Waals surface area contributed by atoms with Crippen molar-refractivity contribution in [3.05, 3.63) is 23.5 Å². The van der Waals surface area contributed by atoms with Crippen LogP contribution in [0.1, 0.15) is 19.0 Å². The Morgan fingerprint density at radius 1 is 1.62 bits per heavy atom. The van der Waals surface area contributed by atoms with Crippen LogP contribution in [0.3, 0.4) is 0 Å². The second-order valence-corrected chi connectivity index (χ2v) is 6.67. The summed E-state index contributed by atoms with van der Waals surface area (Å²) in [5.41, 5.74) is 1.30. The monoisotopic (exact) mass is 309 g/mol. The first-order valence-corrected chi connectivity index (χ1v) is 8.34. The maximum Gasteiger partial charge on any atom is 0.193 e. The molecule has 6 heteroatoms. The number of methoxy groups -OCH3 is 1. The molecular formula is C15H23N3O2S. The van der Waals surface area contributed by atoms with Crippen molar-refractivity contribution >= 4 is 16.3 Å². The normalized spacial score (nSPS) is 25.9. The maximum atomic E-state index is 5.85. The fraction of sp³-hybridized carbons (Fsp3) is 0.667. The van der Waals surface area contributed by atoms with Gasteiger partial charge in [0.05, 0.1) is 18.4 Å². The van der Waals surface area contributed by atoms with Gasteiger partial charge in [-0.25, -0.2) is 4.98 Å². The van der Waals surface area contributed by atoms with E-state index in [1.54, 1.807) is 18.4 Å². The maximum absolute atomic E-state index is 5.85. The van der Waals surface area contributed by atoms with Crippen molar-refractivity contribution < 1.29 is 9.47 Å². The van der Waals surface area contributed by atoms with Crippen molar-refractivity contribution in [2.45, 2.75) is 25.9 Å². The van der Waals surface area contributed by atoms with Crippen molar-refractivity contribution in [2.24, 2.45) is 5.41 Å².